The number of aromatic nitrogens is 5. The van der Waals surface area contributed by atoms with Gasteiger partial charge in [-0.1, -0.05) is 6.07 Å². The molecule has 29 heavy (non-hydrogen) atoms. The van der Waals surface area contributed by atoms with Crippen molar-refractivity contribution in [2.75, 3.05) is 38.1 Å². The van der Waals surface area contributed by atoms with Crippen LogP contribution in [-0.4, -0.2) is 63.3 Å². The van der Waals surface area contributed by atoms with E-state index in [2.05, 4.69) is 43.1 Å². The molecule has 4 aromatic rings. The van der Waals surface area contributed by atoms with E-state index in [1.165, 1.54) is 0 Å². The van der Waals surface area contributed by atoms with Crippen LogP contribution in [0.2, 0.25) is 0 Å². The van der Waals surface area contributed by atoms with Gasteiger partial charge in [0.25, 0.3) is 0 Å². The van der Waals surface area contributed by atoms with E-state index in [9.17, 15) is 0 Å². The zero-order valence-electron chi connectivity index (χ0n) is 16.6. The van der Waals surface area contributed by atoms with E-state index >= 15 is 0 Å². The molecule has 0 bridgehead atoms. The Balaban J connectivity index is 1.53. The monoisotopic (exact) mass is 385 g/mol. The molecule has 1 fully saturated rings. The number of fused-ring (bicyclic) bond motifs is 1. The van der Waals surface area contributed by atoms with Gasteiger partial charge in [-0.25, -0.2) is 4.98 Å². The van der Waals surface area contributed by atoms with Crippen molar-refractivity contribution < 1.29 is 0 Å². The van der Waals surface area contributed by atoms with Crippen LogP contribution in [0.3, 0.4) is 0 Å². The molecule has 146 valence electrons. The van der Waals surface area contributed by atoms with E-state index in [0.717, 1.165) is 71.2 Å². The first-order valence-corrected chi connectivity index (χ1v) is 9.85. The maximum absolute atomic E-state index is 4.91. The third-order valence-corrected chi connectivity index (χ3v) is 5.45. The van der Waals surface area contributed by atoms with Gasteiger partial charge < -0.3 is 9.80 Å². The third kappa shape index (κ3) is 3.45. The van der Waals surface area contributed by atoms with Gasteiger partial charge in [-0.05, 0) is 44.3 Å². The number of rotatable bonds is 3. The van der Waals surface area contributed by atoms with E-state index in [1.807, 2.05) is 49.6 Å². The number of aromatic amines is 1. The molecule has 1 aliphatic rings. The molecule has 0 saturated carbocycles. The fraction of sp³-hybridized carbons (Fsp3) is 0.273. The van der Waals surface area contributed by atoms with Crippen LogP contribution in [0.5, 0.6) is 0 Å². The average molecular weight is 385 g/mol. The first kappa shape index (κ1) is 17.8. The smallest absolute Gasteiger partial charge is 0.0928 e. The summed E-state index contributed by atoms with van der Waals surface area (Å²) in [6.45, 7) is 6.13. The zero-order chi connectivity index (χ0) is 19.8. The lowest BCUT2D eigenvalue weighted by Crippen LogP contribution is -2.44. The van der Waals surface area contributed by atoms with Crippen molar-refractivity contribution in [3.8, 4) is 22.6 Å². The Kier molecular flexibility index (Phi) is 4.44. The Hall–Kier alpha value is -3.32. The molecule has 4 aromatic heterocycles. The number of nitrogens with zero attached hydrogens (tertiary/aromatic N) is 6. The minimum Gasteiger partial charge on any atom is -0.368 e. The number of pyridine rings is 3. The quantitative estimate of drug-likeness (QED) is 0.584. The lowest BCUT2D eigenvalue weighted by atomic mass is 10.1. The summed E-state index contributed by atoms with van der Waals surface area (Å²) in [6.07, 6.45) is 3.76. The van der Waals surface area contributed by atoms with Crippen LogP contribution in [0, 0.1) is 6.92 Å². The van der Waals surface area contributed by atoms with Crippen molar-refractivity contribution in [2.24, 2.45) is 0 Å². The minimum atomic E-state index is 0.863. The summed E-state index contributed by atoms with van der Waals surface area (Å²) in [6, 6.07) is 12.1. The molecule has 7 heteroatoms. The largest absolute Gasteiger partial charge is 0.368 e. The van der Waals surface area contributed by atoms with Crippen LogP contribution >= 0.6 is 0 Å². The number of anilines is 1. The molecule has 0 radical (unpaired) electrons. The molecule has 1 N–H and O–H groups in total. The predicted molar refractivity (Wildman–Crippen MR) is 115 cm³/mol. The Morgan fingerprint density at radius 2 is 1.76 bits per heavy atom. The predicted octanol–water partition coefficient (Wildman–Crippen LogP) is 3.14. The van der Waals surface area contributed by atoms with Gasteiger partial charge in [0.15, 0.2) is 0 Å². The molecule has 0 atom stereocenters. The molecule has 5 rings (SSSR count). The van der Waals surface area contributed by atoms with Gasteiger partial charge in [-0.15, -0.1) is 0 Å². The Labute approximate surface area is 169 Å². The molecule has 7 nitrogen and oxygen atoms in total. The van der Waals surface area contributed by atoms with Crippen LogP contribution in [0.4, 0.5) is 5.69 Å². The number of likely N-dealkylation sites (N-methyl/N-ethyl adjacent to an activating group) is 1. The fourth-order valence-corrected chi connectivity index (χ4v) is 3.74. The Morgan fingerprint density at radius 3 is 2.59 bits per heavy atom. The second-order valence-corrected chi connectivity index (χ2v) is 7.54. The van der Waals surface area contributed by atoms with E-state index in [0.29, 0.717) is 0 Å². The first-order chi connectivity index (χ1) is 14.2. The summed E-state index contributed by atoms with van der Waals surface area (Å²) in [4.78, 5) is 18.9. The van der Waals surface area contributed by atoms with Crippen molar-refractivity contribution in [1.29, 1.82) is 0 Å². The van der Waals surface area contributed by atoms with Crippen LogP contribution in [-0.2, 0) is 0 Å². The van der Waals surface area contributed by atoms with E-state index < -0.39 is 0 Å². The molecule has 0 spiro atoms. The SMILES string of the molecule is Cc1cccc(-c2[nH]ncc2-c2ccc3ncc(N4CCN(C)CC4)cc3n2)n1. The van der Waals surface area contributed by atoms with Gasteiger partial charge in [0, 0.05) is 37.4 Å². The summed E-state index contributed by atoms with van der Waals surface area (Å²) in [5.74, 6) is 0. The third-order valence-electron chi connectivity index (χ3n) is 5.45. The second kappa shape index (κ2) is 7.25. The molecule has 0 amide bonds. The summed E-state index contributed by atoms with van der Waals surface area (Å²) < 4.78 is 0. The maximum Gasteiger partial charge on any atom is 0.0928 e. The topological polar surface area (TPSA) is 73.8 Å². The maximum atomic E-state index is 4.91. The fourth-order valence-electron chi connectivity index (χ4n) is 3.74. The van der Waals surface area contributed by atoms with Gasteiger partial charge in [-0.3, -0.25) is 15.1 Å². The number of piperazine rings is 1. The highest BCUT2D eigenvalue weighted by atomic mass is 15.2. The highest BCUT2D eigenvalue weighted by Crippen LogP contribution is 2.29. The molecular formula is C22H23N7. The number of H-pyrrole nitrogens is 1. The molecule has 1 saturated heterocycles. The lowest BCUT2D eigenvalue weighted by molar-refractivity contribution is 0.313. The highest BCUT2D eigenvalue weighted by molar-refractivity contribution is 5.84. The zero-order valence-corrected chi connectivity index (χ0v) is 16.6. The number of aryl methyl sites for hydroxylation is 1. The molecule has 0 unspecified atom stereocenters. The van der Waals surface area contributed by atoms with Crippen LogP contribution in [0.15, 0.2) is 48.8 Å². The average Bonchev–Trinajstić information content (AvgIpc) is 3.23. The number of hydrogen-bond acceptors (Lipinski definition) is 6. The van der Waals surface area contributed by atoms with Gasteiger partial charge in [0.1, 0.15) is 0 Å². The molecular weight excluding hydrogens is 362 g/mol. The van der Waals surface area contributed by atoms with Crippen molar-refractivity contribution >= 4 is 16.7 Å². The van der Waals surface area contributed by atoms with Gasteiger partial charge in [0.2, 0.25) is 0 Å². The summed E-state index contributed by atoms with van der Waals surface area (Å²) in [7, 11) is 2.16. The van der Waals surface area contributed by atoms with Gasteiger partial charge >= 0.3 is 0 Å². The standard InChI is InChI=1S/C22H23N7/c1-15-4-3-5-20(25-15)22-17(14-24-27-22)18-6-7-19-21(26-18)12-16(13-23-19)29-10-8-28(2)9-11-29/h3-7,12-14H,8-11H2,1-2H3,(H,24,27). The van der Waals surface area contributed by atoms with Crippen LogP contribution in [0.25, 0.3) is 33.7 Å². The molecule has 0 aliphatic carbocycles. The van der Waals surface area contributed by atoms with E-state index in [4.69, 9.17) is 4.98 Å². The Bertz CT molecular complexity index is 1160. The minimum absolute atomic E-state index is 0.863. The van der Waals surface area contributed by atoms with E-state index in [-0.39, 0.29) is 0 Å². The summed E-state index contributed by atoms with van der Waals surface area (Å²) in [5.41, 5.74) is 7.43. The second-order valence-electron chi connectivity index (χ2n) is 7.54. The lowest BCUT2D eigenvalue weighted by Gasteiger charge is -2.33. The van der Waals surface area contributed by atoms with Crippen molar-refractivity contribution in [3.05, 3.63) is 54.5 Å². The molecule has 1 aliphatic heterocycles. The van der Waals surface area contributed by atoms with Crippen LogP contribution < -0.4 is 4.90 Å². The van der Waals surface area contributed by atoms with E-state index in [1.54, 1.807) is 0 Å². The van der Waals surface area contributed by atoms with Crippen molar-refractivity contribution in [1.82, 2.24) is 30.0 Å². The summed E-state index contributed by atoms with van der Waals surface area (Å²) >= 11 is 0. The highest BCUT2D eigenvalue weighted by Gasteiger charge is 2.16. The normalized spacial score (nSPS) is 15.2. The van der Waals surface area contributed by atoms with Crippen molar-refractivity contribution in [2.45, 2.75) is 6.92 Å². The molecule has 0 aromatic carbocycles. The molecule has 5 heterocycles. The van der Waals surface area contributed by atoms with Gasteiger partial charge in [0.05, 0.1) is 46.2 Å². The van der Waals surface area contributed by atoms with Gasteiger partial charge in [-0.2, -0.15) is 5.10 Å². The van der Waals surface area contributed by atoms with Crippen LogP contribution in [0.1, 0.15) is 5.69 Å². The van der Waals surface area contributed by atoms with Crippen molar-refractivity contribution in [3.63, 3.8) is 0 Å². The first-order valence-electron chi connectivity index (χ1n) is 9.85. The number of hydrogen-bond donors (Lipinski definition) is 1. The summed E-state index contributed by atoms with van der Waals surface area (Å²) in [5, 5.41) is 7.33. The Morgan fingerprint density at radius 1 is 0.897 bits per heavy atom. The number of nitrogens with one attached hydrogen (secondary N) is 1.